The lowest BCUT2D eigenvalue weighted by molar-refractivity contribution is -0.149. The van der Waals surface area contributed by atoms with Crippen molar-refractivity contribution in [2.45, 2.75) is 168 Å². The first kappa shape index (κ1) is 60.8. The van der Waals surface area contributed by atoms with Gasteiger partial charge in [0.25, 0.3) is 16.0 Å². The monoisotopic (exact) mass is 924 g/mol. The molecule has 0 aromatic heterocycles. The fourth-order valence-electron chi connectivity index (χ4n) is 6.41. The smallest absolute Gasteiger partial charge is 0.306 e. The van der Waals surface area contributed by atoms with Crippen molar-refractivity contribution in [3.05, 3.63) is 12.2 Å². The van der Waals surface area contributed by atoms with Crippen molar-refractivity contribution in [2.75, 3.05) is 105 Å². The van der Waals surface area contributed by atoms with E-state index in [4.69, 9.17) is 38.3 Å². The third-order valence-electron chi connectivity index (χ3n) is 10.0. The first-order chi connectivity index (χ1) is 30.6. The third-order valence-corrected chi connectivity index (χ3v) is 10.6. The Hall–Kier alpha value is -2.18. The second-order valence-electron chi connectivity index (χ2n) is 15.9. The zero-order chi connectivity index (χ0) is 46.3. The molecular formula is C47H89NO14S. The molecule has 0 spiro atoms. The van der Waals surface area contributed by atoms with Crippen LogP contribution in [0.15, 0.2) is 12.2 Å². The molecule has 1 atom stereocenters. The second-order valence-corrected chi connectivity index (χ2v) is 17.6. The molecule has 0 aromatic rings. The van der Waals surface area contributed by atoms with E-state index in [-0.39, 0.29) is 38.1 Å². The highest BCUT2D eigenvalue weighted by atomic mass is 32.2. The summed E-state index contributed by atoms with van der Waals surface area (Å²) in [6, 6.07) is 0. The maximum atomic E-state index is 14.0. The number of esters is 1. The first-order valence-electron chi connectivity index (χ1n) is 24.3. The van der Waals surface area contributed by atoms with Gasteiger partial charge >= 0.3 is 11.9 Å². The lowest BCUT2D eigenvalue weighted by atomic mass is 10.1. The summed E-state index contributed by atoms with van der Waals surface area (Å²) in [5.74, 6) is -1.01. The van der Waals surface area contributed by atoms with Gasteiger partial charge in [-0.15, -0.1) is 0 Å². The number of carboxylic acid groups (broad SMARTS) is 1. The molecule has 0 aliphatic rings. The van der Waals surface area contributed by atoms with E-state index in [0.717, 1.165) is 89.7 Å². The van der Waals surface area contributed by atoms with Crippen LogP contribution >= 0.6 is 0 Å². The zero-order valence-electron chi connectivity index (χ0n) is 39.7. The van der Waals surface area contributed by atoms with E-state index in [1.807, 2.05) is 11.0 Å². The Bertz CT molecular complexity index is 1190. The van der Waals surface area contributed by atoms with E-state index >= 15 is 0 Å². The van der Waals surface area contributed by atoms with Crippen LogP contribution in [0.25, 0.3) is 0 Å². The molecule has 0 saturated heterocycles. The molecule has 1 unspecified atom stereocenters. The standard InChI is InChI=1S/C47H89NO14S/c1-4-6-8-10-12-19-26-33-61-46(51)28-22-16-14-20-25-32-60-44(43-59-31-24-18-13-15-21-27-45(49)50)47(52)48(29-23-17-11-9-7-5-2)30-34-55-35-36-56-37-38-57-39-40-58-41-42-62-63(3,53)54/h19,26,44H,4-18,20-25,27-43H2,1-3H3,(H,49,50)/b26-19-. The summed E-state index contributed by atoms with van der Waals surface area (Å²) in [7, 11) is -3.47. The van der Waals surface area contributed by atoms with E-state index in [0.29, 0.717) is 92.0 Å². The highest BCUT2D eigenvalue weighted by molar-refractivity contribution is 7.85. The number of hydrogen-bond donors (Lipinski definition) is 1. The Morgan fingerprint density at radius 1 is 0.540 bits per heavy atom. The molecule has 0 bridgehead atoms. The molecular weight excluding hydrogens is 835 g/mol. The Balaban J connectivity index is 4.83. The molecule has 0 rings (SSSR count). The van der Waals surface area contributed by atoms with Gasteiger partial charge in [0.15, 0.2) is 6.10 Å². The van der Waals surface area contributed by atoms with Crippen LogP contribution in [-0.2, 0) is 61.8 Å². The van der Waals surface area contributed by atoms with E-state index in [1.165, 1.54) is 44.9 Å². The van der Waals surface area contributed by atoms with Crippen LogP contribution < -0.4 is 0 Å². The molecule has 0 heterocycles. The molecule has 1 amide bonds. The predicted molar refractivity (Wildman–Crippen MR) is 246 cm³/mol. The lowest BCUT2D eigenvalue weighted by Gasteiger charge is -2.28. The minimum absolute atomic E-state index is 0.0293. The van der Waals surface area contributed by atoms with Gasteiger partial charge in [-0.1, -0.05) is 116 Å². The summed E-state index contributed by atoms with van der Waals surface area (Å²) in [6.45, 7) is 9.59. The quantitative estimate of drug-likeness (QED) is 0.0265. The maximum Gasteiger partial charge on any atom is 0.306 e. The van der Waals surface area contributed by atoms with Gasteiger partial charge in [0, 0.05) is 39.1 Å². The fraction of sp³-hybridized carbons (Fsp3) is 0.894. The van der Waals surface area contributed by atoms with Crippen LogP contribution in [0.2, 0.25) is 0 Å². The summed E-state index contributed by atoms with van der Waals surface area (Å²) in [6.07, 6.45) is 26.2. The minimum Gasteiger partial charge on any atom is -0.481 e. The van der Waals surface area contributed by atoms with Gasteiger partial charge < -0.3 is 43.2 Å². The van der Waals surface area contributed by atoms with Gasteiger partial charge in [-0.3, -0.25) is 18.6 Å². The topological polar surface area (TPSA) is 183 Å². The molecule has 63 heavy (non-hydrogen) atoms. The molecule has 372 valence electrons. The molecule has 0 aliphatic carbocycles. The lowest BCUT2D eigenvalue weighted by Crippen LogP contribution is -2.45. The molecule has 15 nitrogen and oxygen atoms in total. The van der Waals surface area contributed by atoms with Gasteiger partial charge in [0.2, 0.25) is 0 Å². The van der Waals surface area contributed by atoms with Gasteiger partial charge in [0.1, 0.15) is 6.61 Å². The molecule has 16 heteroatoms. The number of nitrogens with zero attached hydrogens (tertiary/aromatic N) is 1. The number of carboxylic acids is 1. The Kier molecular flexibility index (Phi) is 44.7. The van der Waals surface area contributed by atoms with E-state index in [9.17, 15) is 22.8 Å². The van der Waals surface area contributed by atoms with Crippen molar-refractivity contribution < 1.29 is 65.2 Å². The molecule has 0 aliphatic heterocycles. The van der Waals surface area contributed by atoms with Crippen LogP contribution in [0, 0.1) is 0 Å². The second kappa shape index (κ2) is 46.4. The molecule has 1 N–H and O–H groups in total. The van der Waals surface area contributed by atoms with Crippen molar-refractivity contribution in [1.29, 1.82) is 0 Å². The Morgan fingerprint density at radius 2 is 1.05 bits per heavy atom. The van der Waals surface area contributed by atoms with Crippen LogP contribution in [0.4, 0.5) is 0 Å². The number of ether oxygens (including phenoxy) is 7. The summed E-state index contributed by atoms with van der Waals surface area (Å²) < 4.78 is 66.3. The van der Waals surface area contributed by atoms with Gasteiger partial charge in [-0.2, -0.15) is 8.42 Å². The normalized spacial score (nSPS) is 12.3. The first-order valence-corrected chi connectivity index (χ1v) is 26.1. The van der Waals surface area contributed by atoms with E-state index in [1.54, 1.807) is 0 Å². The number of rotatable bonds is 50. The number of unbranched alkanes of at least 4 members (excludes halogenated alkanes) is 17. The minimum atomic E-state index is -3.47. The number of hydrogen-bond acceptors (Lipinski definition) is 13. The zero-order valence-corrected chi connectivity index (χ0v) is 40.5. The largest absolute Gasteiger partial charge is 0.481 e. The average Bonchev–Trinajstić information content (AvgIpc) is 3.25. The molecule has 0 saturated carbocycles. The van der Waals surface area contributed by atoms with Crippen LogP contribution in [0.1, 0.15) is 162 Å². The maximum absolute atomic E-state index is 14.0. The fourth-order valence-corrected chi connectivity index (χ4v) is 6.78. The van der Waals surface area contributed by atoms with Crippen molar-refractivity contribution in [3.63, 3.8) is 0 Å². The SMILES string of the molecule is CCCCCC/C=C\COC(=O)CCCCCCCOC(COCCCCCCCC(=O)O)C(=O)N(CCCCCCCC)CCOCCOCCOCCOCCOS(C)(=O)=O. The third kappa shape index (κ3) is 46.2. The van der Waals surface area contributed by atoms with E-state index in [2.05, 4.69) is 24.1 Å². The van der Waals surface area contributed by atoms with E-state index < -0.39 is 22.2 Å². The number of carbonyl (C=O) groups excluding carboxylic acids is 2. The summed E-state index contributed by atoms with van der Waals surface area (Å²) in [5, 5.41) is 8.86. The van der Waals surface area contributed by atoms with Gasteiger partial charge in [0.05, 0.1) is 72.3 Å². The highest BCUT2D eigenvalue weighted by Crippen LogP contribution is 2.12. The summed E-state index contributed by atoms with van der Waals surface area (Å²) in [4.78, 5) is 38.8. The number of allylic oxidation sites excluding steroid dienone is 1. The van der Waals surface area contributed by atoms with Crippen LogP contribution in [-0.4, -0.2) is 148 Å². The molecule has 0 aromatic carbocycles. The number of carbonyl (C=O) groups is 3. The van der Waals surface area contributed by atoms with Crippen molar-refractivity contribution >= 4 is 28.0 Å². The average molecular weight is 924 g/mol. The molecule has 0 fully saturated rings. The van der Waals surface area contributed by atoms with Crippen molar-refractivity contribution in [2.24, 2.45) is 0 Å². The Labute approximate surface area is 382 Å². The summed E-state index contributed by atoms with van der Waals surface area (Å²) >= 11 is 0. The van der Waals surface area contributed by atoms with Crippen molar-refractivity contribution in [1.82, 2.24) is 4.90 Å². The van der Waals surface area contributed by atoms with Gasteiger partial charge in [-0.05, 0) is 44.9 Å². The number of amides is 1. The highest BCUT2D eigenvalue weighted by Gasteiger charge is 2.25. The van der Waals surface area contributed by atoms with Gasteiger partial charge in [-0.25, -0.2) is 0 Å². The van der Waals surface area contributed by atoms with Crippen LogP contribution in [0.5, 0.6) is 0 Å². The molecule has 0 radical (unpaired) electrons. The summed E-state index contributed by atoms with van der Waals surface area (Å²) in [5.41, 5.74) is 0. The predicted octanol–water partition coefficient (Wildman–Crippen LogP) is 8.46. The van der Waals surface area contributed by atoms with Crippen molar-refractivity contribution in [3.8, 4) is 0 Å². The van der Waals surface area contributed by atoms with Crippen LogP contribution in [0.3, 0.4) is 0 Å². The Morgan fingerprint density at radius 3 is 1.65 bits per heavy atom. The number of aliphatic carboxylic acids is 1.